The summed E-state index contributed by atoms with van der Waals surface area (Å²) in [5.41, 5.74) is 4.77. The van der Waals surface area contributed by atoms with Crippen LogP contribution in [0, 0.1) is 27.7 Å². The molecule has 2 aromatic carbocycles. The van der Waals surface area contributed by atoms with Gasteiger partial charge in [0.05, 0.1) is 15.9 Å². The van der Waals surface area contributed by atoms with E-state index in [9.17, 15) is 21.4 Å². The summed E-state index contributed by atoms with van der Waals surface area (Å²) in [6.07, 6.45) is 0. The maximum Gasteiger partial charge on any atom is 1.00 e. The van der Waals surface area contributed by atoms with Crippen molar-refractivity contribution in [3.8, 4) is 0 Å². The molecule has 27 heavy (non-hydrogen) atoms. The average molecular weight is 423 g/mol. The van der Waals surface area contributed by atoms with Crippen molar-refractivity contribution in [1.29, 1.82) is 0 Å². The molecule has 144 valence electrons. The molecular formula is C18H23NaO6S2. The van der Waals surface area contributed by atoms with E-state index < -0.39 is 26.0 Å². The van der Waals surface area contributed by atoms with E-state index in [1.807, 2.05) is 38.1 Å². The van der Waals surface area contributed by atoms with E-state index in [0.717, 1.165) is 22.3 Å². The molecule has 0 aromatic heterocycles. The zero-order chi connectivity index (χ0) is 20.1. The number of aryl methyl sites for hydroxylation is 4. The van der Waals surface area contributed by atoms with Crippen molar-refractivity contribution in [3.63, 3.8) is 0 Å². The number of benzene rings is 2. The smallest absolute Gasteiger partial charge is 0.748 e. The molecule has 6 nitrogen and oxygen atoms in total. The normalized spacial score (nSPS) is 11.2. The third kappa shape index (κ3) is 9.84. The Balaban J connectivity index is 0.000000483. The van der Waals surface area contributed by atoms with E-state index in [0.29, 0.717) is 11.1 Å². The van der Waals surface area contributed by atoms with Crippen LogP contribution in [-0.4, -0.2) is 25.9 Å². The second-order valence-electron chi connectivity index (χ2n) is 6.17. The van der Waals surface area contributed by atoms with Crippen molar-refractivity contribution < 1.29 is 55.5 Å². The molecule has 0 fully saturated rings. The third-order valence-corrected chi connectivity index (χ3v) is 5.23. The van der Waals surface area contributed by atoms with Gasteiger partial charge in [0.1, 0.15) is 5.75 Å². The second kappa shape index (κ2) is 10.7. The first kappa shape index (κ1) is 26.3. The Bertz CT molecular complexity index is 861. The number of hydrogen-bond donors (Lipinski definition) is 1. The molecule has 0 saturated heterocycles. The predicted octanol–water partition coefficient (Wildman–Crippen LogP) is 0.0439. The van der Waals surface area contributed by atoms with E-state index in [4.69, 9.17) is 4.55 Å². The Morgan fingerprint density at radius 2 is 1.04 bits per heavy atom. The van der Waals surface area contributed by atoms with Crippen LogP contribution in [0.1, 0.15) is 33.4 Å². The van der Waals surface area contributed by atoms with E-state index in [1.165, 1.54) is 0 Å². The molecule has 0 bridgehead atoms. The Hall–Kier alpha value is -0.740. The largest absolute Gasteiger partial charge is 1.00 e. The molecule has 0 heterocycles. The Morgan fingerprint density at radius 3 is 1.30 bits per heavy atom. The van der Waals surface area contributed by atoms with E-state index in [2.05, 4.69) is 0 Å². The van der Waals surface area contributed by atoms with Crippen LogP contribution in [-0.2, 0) is 31.7 Å². The summed E-state index contributed by atoms with van der Waals surface area (Å²) >= 11 is 0. The minimum absolute atomic E-state index is 0. The second-order valence-corrected chi connectivity index (χ2v) is 9.03. The molecule has 0 aliphatic heterocycles. The molecule has 1 N–H and O–H groups in total. The van der Waals surface area contributed by atoms with Crippen LogP contribution in [0.5, 0.6) is 0 Å². The van der Waals surface area contributed by atoms with Gasteiger partial charge in [-0.3, -0.25) is 4.55 Å². The summed E-state index contributed by atoms with van der Waals surface area (Å²) < 4.78 is 61.7. The van der Waals surface area contributed by atoms with Crippen LogP contribution in [0.25, 0.3) is 0 Å². The number of rotatable bonds is 4. The van der Waals surface area contributed by atoms with Gasteiger partial charge in [0.2, 0.25) is 0 Å². The van der Waals surface area contributed by atoms with Gasteiger partial charge in [-0.05, 0) is 61.1 Å². The van der Waals surface area contributed by atoms with E-state index in [-0.39, 0.29) is 35.3 Å². The van der Waals surface area contributed by atoms with Crippen LogP contribution in [0.3, 0.4) is 0 Å². The average Bonchev–Trinajstić information content (AvgIpc) is 2.46. The quantitative estimate of drug-likeness (QED) is 0.550. The van der Waals surface area contributed by atoms with Crippen LogP contribution in [0.4, 0.5) is 0 Å². The van der Waals surface area contributed by atoms with Crippen LogP contribution in [0.2, 0.25) is 0 Å². The van der Waals surface area contributed by atoms with Gasteiger partial charge in [-0.15, -0.1) is 0 Å². The van der Waals surface area contributed by atoms with Gasteiger partial charge in [-0.25, -0.2) is 8.42 Å². The van der Waals surface area contributed by atoms with Gasteiger partial charge in [0, 0.05) is 0 Å². The van der Waals surface area contributed by atoms with E-state index >= 15 is 0 Å². The van der Waals surface area contributed by atoms with Crippen molar-refractivity contribution in [3.05, 3.63) is 69.8 Å². The van der Waals surface area contributed by atoms with Crippen LogP contribution >= 0.6 is 0 Å². The topological polar surface area (TPSA) is 112 Å². The van der Waals surface area contributed by atoms with Crippen LogP contribution in [0.15, 0.2) is 36.4 Å². The summed E-state index contributed by atoms with van der Waals surface area (Å²) in [7, 11) is -8.09. The summed E-state index contributed by atoms with van der Waals surface area (Å²) in [5, 5.41) is 0. The Kier molecular flexibility index (Phi) is 10.4. The molecule has 0 atom stereocenters. The number of hydrogen-bond acceptors (Lipinski definition) is 5. The molecule has 0 unspecified atom stereocenters. The van der Waals surface area contributed by atoms with Gasteiger partial charge in [-0.1, -0.05) is 36.4 Å². The molecule has 0 saturated carbocycles. The van der Waals surface area contributed by atoms with Gasteiger partial charge in [0.25, 0.3) is 10.1 Å². The zero-order valence-electron chi connectivity index (χ0n) is 16.2. The summed E-state index contributed by atoms with van der Waals surface area (Å²) in [6, 6.07) is 11.0. The standard InChI is InChI=1S/2C9H12O3S.Na/c2*1-7-4-3-5-8(2)9(7)6-13(10,11)12;/h2*3-5H,6H2,1-2H3,(H,10,11,12);/q;;+1/p-1. The minimum Gasteiger partial charge on any atom is -0.748 e. The molecule has 2 rings (SSSR count). The SMILES string of the molecule is Cc1cccc(C)c1CS(=O)(=O)O.Cc1cccc(C)c1CS(=O)(=O)[O-].[Na+]. The zero-order valence-corrected chi connectivity index (χ0v) is 19.8. The first-order valence-electron chi connectivity index (χ1n) is 7.79. The molecule has 0 amide bonds. The predicted molar refractivity (Wildman–Crippen MR) is 100 cm³/mol. The molecule has 0 aliphatic carbocycles. The molecule has 0 spiro atoms. The van der Waals surface area contributed by atoms with Crippen molar-refractivity contribution >= 4 is 20.2 Å². The van der Waals surface area contributed by atoms with Crippen molar-refractivity contribution in [2.24, 2.45) is 0 Å². The van der Waals surface area contributed by atoms with Gasteiger partial charge >= 0.3 is 29.6 Å². The fourth-order valence-corrected chi connectivity index (χ4v) is 4.14. The fraction of sp³-hybridized carbons (Fsp3) is 0.333. The van der Waals surface area contributed by atoms with Crippen molar-refractivity contribution in [2.75, 3.05) is 0 Å². The van der Waals surface area contributed by atoms with Crippen molar-refractivity contribution in [2.45, 2.75) is 39.2 Å². The Morgan fingerprint density at radius 1 is 0.741 bits per heavy atom. The molecule has 2 aromatic rings. The molecule has 0 aliphatic rings. The van der Waals surface area contributed by atoms with E-state index in [1.54, 1.807) is 26.0 Å². The third-order valence-electron chi connectivity index (χ3n) is 3.94. The summed E-state index contributed by atoms with van der Waals surface area (Å²) in [4.78, 5) is 0. The van der Waals surface area contributed by atoms with Crippen molar-refractivity contribution in [1.82, 2.24) is 0 Å². The van der Waals surface area contributed by atoms with Gasteiger partial charge in [-0.2, -0.15) is 8.42 Å². The maximum atomic E-state index is 10.7. The molecule has 9 heteroatoms. The Labute approximate surface area is 183 Å². The summed E-state index contributed by atoms with van der Waals surface area (Å²) in [6.45, 7) is 7.25. The molecular weight excluding hydrogens is 399 g/mol. The first-order chi connectivity index (χ1) is 11.8. The van der Waals surface area contributed by atoms with Gasteiger partial charge < -0.3 is 4.55 Å². The van der Waals surface area contributed by atoms with Crippen LogP contribution < -0.4 is 29.6 Å². The fourth-order valence-electron chi connectivity index (χ4n) is 2.51. The maximum absolute atomic E-state index is 10.7. The molecule has 0 radical (unpaired) electrons. The first-order valence-corrected chi connectivity index (χ1v) is 11.0. The van der Waals surface area contributed by atoms with Gasteiger partial charge in [0.15, 0.2) is 0 Å². The monoisotopic (exact) mass is 422 g/mol. The minimum atomic E-state index is -4.17. The summed E-state index contributed by atoms with van der Waals surface area (Å²) in [5.74, 6) is -0.711.